The molecule has 114 valence electrons. The zero-order chi connectivity index (χ0) is 15.2. The van der Waals surface area contributed by atoms with Gasteiger partial charge in [-0.2, -0.15) is 11.8 Å². The quantitative estimate of drug-likeness (QED) is 0.868. The molecule has 21 heavy (non-hydrogen) atoms. The number of rotatable bonds is 3. The van der Waals surface area contributed by atoms with E-state index in [1.54, 1.807) is 22.7 Å². The zero-order valence-electron chi connectivity index (χ0n) is 11.6. The molecule has 1 heterocycles. The highest BCUT2D eigenvalue weighted by molar-refractivity contribution is 7.99. The first kappa shape index (κ1) is 15.8. The van der Waals surface area contributed by atoms with Crippen LogP contribution in [0.5, 0.6) is 0 Å². The van der Waals surface area contributed by atoms with E-state index < -0.39 is 11.6 Å². The fraction of sp³-hybridized carbons (Fsp3) is 0.400. The van der Waals surface area contributed by atoms with E-state index in [1.807, 2.05) is 0 Å². The van der Waals surface area contributed by atoms with Gasteiger partial charge < -0.3 is 10.2 Å². The highest BCUT2D eigenvalue weighted by atomic mass is 32.2. The summed E-state index contributed by atoms with van der Waals surface area (Å²) in [7, 11) is 0. The highest BCUT2D eigenvalue weighted by Crippen LogP contribution is 2.36. The molecule has 1 aromatic carbocycles. The number of carbonyl (C=O) groups is 1. The van der Waals surface area contributed by atoms with Crippen LogP contribution in [0, 0.1) is 11.6 Å². The van der Waals surface area contributed by atoms with Crippen molar-refractivity contribution in [1.29, 1.82) is 0 Å². The van der Waals surface area contributed by atoms with E-state index in [1.165, 1.54) is 6.07 Å². The van der Waals surface area contributed by atoms with Crippen LogP contribution in [0.4, 0.5) is 13.6 Å². The molecule has 1 aliphatic heterocycles. The average Bonchev–Trinajstić information content (AvgIpc) is 2.73. The van der Waals surface area contributed by atoms with Crippen molar-refractivity contribution in [2.75, 3.05) is 25.4 Å². The first-order valence-electron chi connectivity index (χ1n) is 6.82. The van der Waals surface area contributed by atoms with Crippen molar-refractivity contribution < 1.29 is 13.6 Å². The van der Waals surface area contributed by atoms with Crippen molar-refractivity contribution in [2.45, 2.75) is 11.7 Å². The Morgan fingerprint density at radius 2 is 2.29 bits per heavy atom. The van der Waals surface area contributed by atoms with E-state index in [0.717, 1.165) is 12.1 Å². The number of benzene rings is 1. The monoisotopic (exact) mass is 312 g/mol. The average molecular weight is 312 g/mol. The molecule has 0 bridgehead atoms. The zero-order valence-corrected chi connectivity index (χ0v) is 12.5. The molecule has 1 unspecified atom stereocenters. The van der Waals surface area contributed by atoms with Crippen LogP contribution in [0.15, 0.2) is 30.9 Å². The summed E-state index contributed by atoms with van der Waals surface area (Å²) in [5, 5.41) is 2.60. The Kier molecular flexibility index (Phi) is 5.61. The van der Waals surface area contributed by atoms with Gasteiger partial charge in [0.2, 0.25) is 0 Å². The molecule has 2 rings (SSSR count). The van der Waals surface area contributed by atoms with Crippen molar-refractivity contribution in [1.82, 2.24) is 10.2 Å². The van der Waals surface area contributed by atoms with Crippen LogP contribution in [0.2, 0.25) is 0 Å². The second-order valence-corrected chi connectivity index (χ2v) is 6.09. The van der Waals surface area contributed by atoms with Gasteiger partial charge in [-0.15, -0.1) is 6.58 Å². The van der Waals surface area contributed by atoms with Crippen molar-refractivity contribution in [3.8, 4) is 0 Å². The topological polar surface area (TPSA) is 32.3 Å². The van der Waals surface area contributed by atoms with Crippen LogP contribution >= 0.6 is 11.8 Å². The third-order valence-electron chi connectivity index (χ3n) is 3.33. The lowest BCUT2D eigenvalue weighted by Gasteiger charge is -2.20. The number of urea groups is 1. The Morgan fingerprint density at radius 1 is 1.48 bits per heavy atom. The summed E-state index contributed by atoms with van der Waals surface area (Å²) in [6.07, 6.45) is 2.22. The van der Waals surface area contributed by atoms with E-state index in [4.69, 9.17) is 0 Å². The molecule has 1 aromatic rings. The minimum atomic E-state index is -0.433. The summed E-state index contributed by atoms with van der Waals surface area (Å²) in [6, 6.07) is 3.39. The normalized spacial score (nSPS) is 19.0. The lowest BCUT2D eigenvalue weighted by atomic mass is 10.1. The van der Waals surface area contributed by atoms with E-state index in [0.29, 0.717) is 37.4 Å². The standard InChI is InChI=1S/C15H18F2N2OS/c1-2-6-18-15(20)19-7-5-14(21-9-8-19)12-10-11(16)3-4-13(12)17/h2-4,10,14H,1,5-9H2,(H,18,20). The number of thioether (sulfide) groups is 1. The number of hydrogen-bond acceptors (Lipinski definition) is 2. The molecule has 0 spiro atoms. The molecule has 3 nitrogen and oxygen atoms in total. The van der Waals surface area contributed by atoms with Crippen LogP contribution in [0.3, 0.4) is 0 Å². The van der Waals surface area contributed by atoms with E-state index in [9.17, 15) is 13.6 Å². The van der Waals surface area contributed by atoms with Crippen molar-refractivity contribution in [3.05, 3.63) is 48.1 Å². The fourth-order valence-corrected chi connectivity index (χ4v) is 3.50. The molecule has 0 radical (unpaired) electrons. The van der Waals surface area contributed by atoms with E-state index in [-0.39, 0.29) is 11.3 Å². The summed E-state index contributed by atoms with van der Waals surface area (Å²) in [4.78, 5) is 13.6. The molecule has 2 amide bonds. The van der Waals surface area contributed by atoms with Gasteiger partial charge >= 0.3 is 6.03 Å². The first-order chi connectivity index (χ1) is 10.1. The van der Waals surface area contributed by atoms with E-state index >= 15 is 0 Å². The van der Waals surface area contributed by atoms with Crippen LogP contribution < -0.4 is 5.32 Å². The Balaban J connectivity index is 2.02. The molecule has 0 aliphatic carbocycles. The second-order valence-electron chi connectivity index (χ2n) is 4.78. The maximum atomic E-state index is 13.8. The SMILES string of the molecule is C=CCNC(=O)N1CCSC(c2cc(F)ccc2F)CC1. The van der Waals surface area contributed by atoms with Gasteiger partial charge in [0.25, 0.3) is 0 Å². The van der Waals surface area contributed by atoms with Crippen molar-refractivity contribution in [3.63, 3.8) is 0 Å². The Morgan fingerprint density at radius 3 is 3.05 bits per heavy atom. The third kappa shape index (κ3) is 4.20. The summed E-state index contributed by atoms with van der Waals surface area (Å²) >= 11 is 1.56. The lowest BCUT2D eigenvalue weighted by molar-refractivity contribution is 0.202. The number of hydrogen-bond donors (Lipinski definition) is 1. The molecular formula is C15H18F2N2OS. The van der Waals surface area contributed by atoms with Gasteiger partial charge in [-0.25, -0.2) is 13.6 Å². The molecular weight excluding hydrogens is 294 g/mol. The Hall–Kier alpha value is -1.56. The first-order valence-corrected chi connectivity index (χ1v) is 7.87. The van der Waals surface area contributed by atoms with Gasteiger partial charge in [0.15, 0.2) is 0 Å². The van der Waals surface area contributed by atoms with Gasteiger partial charge in [0.05, 0.1) is 0 Å². The van der Waals surface area contributed by atoms with Gasteiger partial charge in [0.1, 0.15) is 11.6 Å². The van der Waals surface area contributed by atoms with Crippen LogP contribution in [0.25, 0.3) is 0 Å². The number of carbonyl (C=O) groups excluding carboxylic acids is 1. The van der Waals surface area contributed by atoms with Crippen LogP contribution in [-0.4, -0.2) is 36.3 Å². The second kappa shape index (κ2) is 7.45. The molecule has 1 aliphatic rings. The fourth-order valence-electron chi connectivity index (χ4n) is 2.25. The van der Waals surface area contributed by atoms with Gasteiger partial charge in [0, 0.05) is 36.2 Å². The summed E-state index contributed by atoms with van der Waals surface area (Å²) in [5.41, 5.74) is 0.383. The predicted octanol–water partition coefficient (Wildman–Crippen LogP) is 3.34. The van der Waals surface area contributed by atoms with Crippen molar-refractivity contribution >= 4 is 17.8 Å². The maximum absolute atomic E-state index is 13.8. The number of nitrogens with zero attached hydrogens (tertiary/aromatic N) is 1. The number of nitrogens with one attached hydrogen (secondary N) is 1. The molecule has 1 fully saturated rings. The maximum Gasteiger partial charge on any atom is 0.317 e. The summed E-state index contributed by atoms with van der Waals surface area (Å²) in [5.74, 6) is -0.127. The van der Waals surface area contributed by atoms with Gasteiger partial charge in [-0.1, -0.05) is 6.08 Å². The smallest absolute Gasteiger partial charge is 0.317 e. The molecule has 0 aromatic heterocycles. The Bertz CT molecular complexity index is 524. The molecule has 6 heteroatoms. The largest absolute Gasteiger partial charge is 0.335 e. The van der Waals surface area contributed by atoms with E-state index in [2.05, 4.69) is 11.9 Å². The minimum Gasteiger partial charge on any atom is -0.335 e. The lowest BCUT2D eigenvalue weighted by Crippen LogP contribution is -2.41. The molecule has 1 N–H and O–H groups in total. The summed E-state index contributed by atoms with van der Waals surface area (Å²) in [6.45, 7) is 5.10. The van der Waals surface area contributed by atoms with Gasteiger partial charge in [-0.3, -0.25) is 0 Å². The number of amides is 2. The van der Waals surface area contributed by atoms with Crippen molar-refractivity contribution in [2.24, 2.45) is 0 Å². The predicted molar refractivity (Wildman–Crippen MR) is 81.3 cm³/mol. The minimum absolute atomic E-state index is 0.127. The molecule has 1 saturated heterocycles. The van der Waals surface area contributed by atoms with Crippen LogP contribution in [0.1, 0.15) is 17.2 Å². The Labute approximate surface area is 127 Å². The highest BCUT2D eigenvalue weighted by Gasteiger charge is 2.23. The molecule has 1 atom stereocenters. The number of halogens is 2. The van der Waals surface area contributed by atoms with Gasteiger partial charge in [-0.05, 0) is 24.6 Å². The molecule has 0 saturated carbocycles. The summed E-state index contributed by atoms with van der Waals surface area (Å²) < 4.78 is 27.1. The third-order valence-corrected chi connectivity index (χ3v) is 4.64. The van der Waals surface area contributed by atoms with Crippen LogP contribution in [-0.2, 0) is 0 Å².